The van der Waals surface area contributed by atoms with Crippen molar-refractivity contribution in [2.75, 3.05) is 11.9 Å². The van der Waals surface area contributed by atoms with Gasteiger partial charge in [0.25, 0.3) is 0 Å². The first-order valence-corrected chi connectivity index (χ1v) is 7.13. The zero-order chi connectivity index (χ0) is 13.7. The van der Waals surface area contributed by atoms with Crippen LogP contribution in [0.4, 0.5) is 5.69 Å². The van der Waals surface area contributed by atoms with Crippen LogP contribution in [0, 0.1) is 5.41 Å². The van der Waals surface area contributed by atoms with Gasteiger partial charge in [-0.15, -0.1) is 0 Å². The van der Waals surface area contributed by atoms with Gasteiger partial charge in [-0.1, -0.05) is 31.4 Å². The van der Waals surface area contributed by atoms with Crippen LogP contribution in [0.1, 0.15) is 44.6 Å². The van der Waals surface area contributed by atoms with Crippen molar-refractivity contribution >= 4 is 11.6 Å². The zero-order valence-electron chi connectivity index (χ0n) is 11.6. The topological polar surface area (TPSA) is 73.9 Å². The lowest BCUT2D eigenvalue weighted by atomic mass is 9.77. The minimum Gasteiger partial charge on any atom is -0.357 e. The molecule has 0 saturated heterocycles. The van der Waals surface area contributed by atoms with Crippen LogP contribution < -0.4 is 16.4 Å². The van der Waals surface area contributed by atoms with Crippen molar-refractivity contribution in [3.8, 4) is 0 Å². The fraction of sp³-hybridized carbons (Fsp3) is 0.533. The van der Waals surface area contributed by atoms with Gasteiger partial charge in [-0.05, 0) is 37.5 Å². The number of anilines is 1. The summed E-state index contributed by atoms with van der Waals surface area (Å²) in [4.78, 5) is 0. The maximum atomic E-state index is 7.74. The number of rotatable bonds is 3. The first-order valence-electron chi connectivity index (χ1n) is 7.13. The van der Waals surface area contributed by atoms with Crippen molar-refractivity contribution in [2.24, 2.45) is 5.73 Å². The molecular formula is C15H24N4. The maximum Gasteiger partial charge on any atom is 0.192 e. The summed E-state index contributed by atoms with van der Waals surface area (Å²) in [6, 6.07) is 8.17. The number of hydrogen-bond donors (Lipinski definition) is 4. The molecule has 1 aliphatic rings. The number of guanidine groups is 1. The van der Waals surface area contributed by atoms with E-state index in [-0.39, 0.29) is 5.54 Å². The standard InChI is InChI=1S/C15H24N4/c1-2-18-14(16)19-13-8-6-7-12(11-13)15(17)9-4-3-5-10-15/h6-8,11H,2-5,9-10,17H2,1H3,(H3,16,18,19). The first kappa shape index (κ1) is 13.9. The molecule has 4 heteroatoms. The first-order chi connectivity index (χ1) is 9.14. The number of nitrogens with one attached hydrogen (secondary N) is 3. The lowest BCUT2D eigenvalue weighted by molar-refractivity contribution is 0.302. The Bertz CT molecular complexity index is 436. The average molecular weight is 260 g/mol. The quantitative estimate of drug-likeness (QED) is 0.499. The van der Waals surface area contributed by atoms with Crippen molar-refractivity contribution in [3.63, 3.8) is 0 Å². The van der Waals surface area contributed by atoms with E-state index in [9.17, 15) is 0 Å². The lowest BCUT2D eigenvalue weighted by Gasteiger charge is -2.34. The molecule has 0 unspecified atom stereocenters. The minimum atomic E-state index is -0.184. The smallest absolute Gasteiger partial charge is 0.192 e. The fourth-order valence-corrected chi connectivity index (χ4v) is 2.74. The summed E-state index contributed by atoms with van der Waals surface area (Å²) in [7, 11) is 0. The second-order valence-corrected chi connectivity index (χ2v) is 5.33. The van der Waals surface area contributed by atoms with Crippen LogP contribution >= 0.6 is 0 Å². The van der Waals surface area contributed by atoms with Gasteiger partial charge in [0.1, 0.15) is 0 Å². The molecule has 2 rings (SSSR count). The third-order valence-corrected chi connectivity index (χ3v) is 3.81. The molecule has 19 heavy (non-hydrogen) atoms. The zero-order valence-corrected chi connectivity index (χ0v) is 11.6. The highest BCUT2D eigenvalue weighted by Gasteiger charge is 2.29. The number of benzene rings is 1. The lowest BCUT2D eigenvalue weighted by Crippen LogP contribution is -2.38. The van der Waals surface area contributed by atoms with Gasteiger partial charge in [-0.2, -0.15) is 0 Å². The molecule has 4 nitrogen and oxygen atoms in total. The molecule has 1 aromatic rings. The largest absolute Gasteiger partial charge is 0.357 e. The second-order valence-electron chi connectivity index (χ2n) is 5.33. The van der Waals surface area contributed by atoms with Crippen LogP contribution in [0.15, 0.2) is 24.3 Å². The SMILES string of the molecule is CCNC(=N)Nc1cccc(C2(N)CCCCC2)c1. The van der Waals surface area contributed by atoms with Crippen molar-refractivity contribution in [3.05, 3.63) is 29.8 Å². The average Bonchev–Trinajstić information content (AvgIpc) is 2.40. The van der Waals surface area contributed by atoms with Crippen LogP contribution in [0.5, 0.6) is 0 Å². The molecule has 1 fully saturated rings. The van der Waals surface area contributed by atoms with E-state index in [1.54, 1.807) is 0 Å². The van der Waals surface area contributed by atoms with Crippen LogP contribution in [-0.4, -0.2) is 12.5 Å². The highest BCUT2D eigenvalue weighted by atomic mass is 15.1. The van der Waals surface area contributed by atoms with E-state index >= 15 is 0 Å². The fourth-order valence-electron chi connectivity index (χ4n) is 2.74. The van der Waals surface area contributed by atoms with E-state index in [1.807, 2.05) is 19.1 Å². The molecule has 0 aliphatic heterocycles. The monoisotopic (exact) mass is 260 g/mol. The molecule has 0 radical (unpaired) electrons. The Kier molecular flexibility index (Phi) is 4.43. The Morgan fingerprint density at radius 2 is 2.05 bits per heavy atom. The van der Waals surface area contributed by atoms with Crippen molar-refractivity contribution in [1.29, 1.82) is 5.41 Å². The molecule has 1 saturated carbocycles. The second kappa shape index (κ2) is 6.06. The summed E-state index contributed by atoms with van der Waals surface area (Å²) in [5.41, 5.74) is 8.47. The molecule has 0 spiro atoms. The molecule has 0 amide bonds. The summed E-state index contributed by atoms with van der Waals surface area (Å²) in [5, 5.41) is 13.7. The van der Waals surface area contributed by atoms with Crippen LogP contribution in [0.25, 0.3) is 0 Å². The molecule has 1 aliphatic carbocycles. The van der Waals surface area contributed by atoms with Crippen molar-refractivity contribution in [1.82, 2.24) is 5.32 Å². The van der Waals surface area contributed by atoms with Crippen molar-refractivity contribution in [2.45, 2.75) is 44.6 Å². The Hall–Kier alpha value is -1.55. The summed E-state index contributed by atoms with van der Waals surface area (Å²) in [6.07, 6.45) is 5.83. The van der Waals surface area contributed by atoms with Gasteiger partial charge in [-0.3, -0.25) is 5.41 Å². The van der Waals surface area contributed by atoms with E-state index in [4.69, 9.17) is 11.1 Å². The van der Waals surface area contributed by atoms with E-state index in [0.717, 1.165) is 25.1 Å². The van der Waals surface area contributed by atoms with E-state index < -0.39 is 0 Å². The van der Waals surface area contributed by atoms with Gasteiger partial charge >= 0.3 is 0 Å². The number of nitrogens with two attached hydrogens (primary N) is 1. The molecule has 0 aromatic heterocycles. The summed E-state index contributed by atoms with van der Waals surface area (Å²) in [5.74, 6) is 0.328. The van der Waals surface area contributed by atoms with Gasteiger partial charge in [-0.25, -0.2) is 0 Å². The molecule has 1 aromatic carbocycles. The molecule has 5 N–H and O–H groups in total. The summed E-state index contributed by atoms with van der Waals surface area (Å²) in [6.45, 7) is 2.72. The molecule has 0 atom stereocenters. The highest BCUT2D eigenvalue weighted by molar-refractivity contribution is 5.91. The van der Waals surface area contributed by atoms with Gasteiger partial charge in [0.2, 0.25) is 0 Å². The van der Waals surface area contributed by atoms with Crippen molar-refractivity contribution < 1.29 is 0 Å². The molecule has 104 valence electrons. The maximum absolute atomic E-state index is 7.74. The minimum absolute atomic E-state index is 0.184. The Labute approximate surface area is 115 Å². The predicted octanol–water partition coefficient (Wildman–Crippen LogP) is 2.76. The third-order valence-electron chi connectivity index (χ3n) is 3.81. The summed E-state index contributed by atoms with van der Waals surface area (Å²) >= 11 is 0. The van der Waals surface area contributed by atoms with E-state index in [0.29, 0.717) is 5.96 Å². The molecule has 0 bridgehead atoms. The summed E-state index contributed by atoms with van der Waals surface area (Å²) < 4.78 is 0. The van der Waals surface area contributed by atoms with Crippen LogP contribution in [0.2, 0.25) is 0 Å². The third kappa shape index (κ3) is 3.47. The Morgan fingerprint density at radius 3 is 2.74 bits per heavy atom. The normalized spacial score (nSPS) is 17.8. The van der Waals surface area contributed by atoms with E-state index in [2.05, 4.69) is 22.8 Å². The van der Waals surface area contributed by atoms with Gasteiger partial charge in [0.05, 0.1) is 0 Å². The van der Waals surface area contributed by atoms with Crippen LogP contribution in [0.3, 0.4) is 0 Å². The highest BCUT2D eigenvalue weighted by Crippen LogP contribution is 2.35. The Balaban J connectivity index is 2.12. The van der Waals surface area contributed by atoms with Crippen LogP contribution in [-0.2, 0) is 5.54 Å². The van der Waals surface area contributed by atoms with Gasteiger partial charge in [0, 0.05) is 17.8 Å². The molecule has 0 heterocycles. The predicted molar refractivity (Wildman–Crippen MR) is 80.4 cm³/mol. The Morgan fingerprint density at radius 1 is 1.32 bits per heavy atom. The molecular weight excluding hydrogens is 236 g/mol. The number of hydrogen-bond acceptors (Lipinski definition) is 2. The van der Waals surface area contributed by atoms with Gasteiger partial charge in [0.15, 0.2) is 5.96 Å². The van der Waals surface area contributed by atoms with E-state index in [1.165, 1.54) is 24.8 Å². The van der Waals surface area contributed by atoms with Gasteiger partial charge < -0.3 is 16.4 Å².